The highest BCUT2D eigenvalue weighted by Gasteiger charge is 2.37. The van der Waals surface area contributed by atoms with E-state index in [0.29, 0.717) is 11.8 Å². The molecule has 1 atom stereocenters. The van der Waals surface area contributed by atoms with Gasteiger partial charge in [0.15, 0.2) is 0 Å². The zero-order valence-electron chi connectivity index (χ0n) is 14.6. The summed E-state index contributed by atoms with van der Waals surface area (Å²) >= 11 is 0. The second-order valence-electron chi connectivity index (χ2n) is 5.67. The molecular weight excluding hydrogens is 403 g/mol. The highest BCUT2D eigenvalue weighted by molar-refractivity contribution is 7.89. The van der Waals surface area contributed by atoms with Crippen molar-refractivity contribution < 1.29 is 35.6 Å². The topological polar surface area (TPSA) is 118 Å². The van der Waals surface area contributed by atoms with E-state index in [9.17, 15) is 31.2 Å². The van der Waals surface area contributed by atoms with Crippen molar-refractivity contribution >= 4 is 21.8 Å². The van der Waals surface area contributed by atoms with Crippen LogP contribution in [0, 0.1) is 6.92 Å². The van der Waals surface area contributed by atoms with Crippen LogP contribution in [0.15, 0.2) is 45.9 Å². The van der Waals surface area contributed by atoms with Crippen molar-refractivity contribution in [2.45, 2.75) is 31.0 Å². The first-order valence-electron chi connectivity index (χ1n) is 7.76. The van der Waals surface area contributed by atoms with Crippen LogP contribution in [0.2, 0.25) is 0 Å². The Morgan fingerprint density at radius 2 is 1.75 bits per heavy atom. The average molecular weight is 419 g/mol. The minimum Gasteiger partial charge on any atom is -0.469 e. The molecule has 3 N–H and O–H groups in total. The van der Waals surface area contributed by atoms with E-state index in [-0.39, 0.29) is 5.56 Å². The second-order valence-corrected chi connectivity index (χ2v) is 7.35. The van der Waals surface area contributed by atoms with Gasteiger partial charge < -0.3 is 4.42 Å². The van der Waals surface area contributed by atoms with E-state index >= 15 is 0 Å². The summed E-state index contributed by atoms with van der Waals surface area (Å²) in [6.07, 6.45) is -3.63. The zero-order chi connectivity index (χ0) is 21.1. The van der Waals surface area contributed by atoms with Gasteiger partial charge in [-0.25, -0.2) is 8.42 Å². The minimum absolute atomic E-state index is 0.146. The number of aryl methyl sites for hydroxylation is 1. The van der Waals surface area contributed by atoms with Gasteiger partial charge in [-0.15, -0.1) is 0 Å². The highest BCUT2D eigenvalue weighted by Crippen LogP contribution is 2.33. The average Bonchev–Trinajstić information content (AvgIpc) is 3.04. The fraction of sp³-hybridized carbons (Fsp3) is 0.250. The molecule has 1 heterocycles. The molecule has 12 heteroatoms. The molecule has 8 nitrogen and oxygen atoms in total. The van der Waals surface area contributed by atoms with Gasteiger partial charge >= 0.3 is 6.18 Å². The van der Waals surface area contributed by atoms with Crippen LogP contribution in [0.4, 0.5) is 13.2 Å². The van der Waals surface area contributed by atoms with E-state index in [2.05, 4.69) is 5.43 Å². The number of hydrazine groups is 1. The number of nitrogens with one attached hydrogen (secondary N) is 3. The SMILES string of the molecule is Cc1occc1C(=O)NNC(=O)[C@H](C)NS(=O)(=O)c1ccccc1C(F)(F)F. The first kappa shape index (κ1) is 21.4. The Bertz CT molecular complexity index is 985. The Balaban J connectivity index is 2.07. The normalized spacial score (nSPS) is 13.0. The fourth-order valence-corrected chi connectivity index (χ4v) is 3.63. The Kier molecular flexibility index (Phi) is 6.14. The number of benzene rings is 1. The van der Waals surface area contributed by atoms with Crippen LogP contribution in [0.5, 0.6) is 0 Å². The van der Waals surface area contributed by atoms with Crippen LogP contribution in [-0.4, -0.2) is 26.3 Å². The van der Waals surface area contributed by atoms with Gasteiger partial charge in [0.1, 0.15) is 5.76 Å². The predicted octanol–water partition coefficient (Wildman–Crippen LogP) is 1.73. The van der Waals surface area contributed by atoms with Gasteiger partial charge in [-0.05, 0) is 32.0 Å². The number of carbonyl (C=O) groups is 2. The first-order valence-corrected chi connectivity index (χ1v) is 9.24. The number of hydrogen-bond acceptors (Lipinski definition) is 5. The molecule has 0 spiro atoms. The molecule has 28 heavy (non-hydrogen) atoms. The van der Waals surface area contributed by atoms with Gasteiger partial charge in [-0.1, -0.05) is 12.1 Å². The molecule has 0 bridgehead atoms. The molecule has 2 aromatic rings. The maximum absolute atomic E-state index is 13.0. The van der Waals surface area contributed by atoms with Crippen LogP contribution in [0.1, 0.15) is 28.6 Å². The van der Waals surface area contributed by atoms with Crippen molar-refractivity contribution in [2.24, 2.45) is 0 Å². The molecule has 152 valence electrons. The summed E-state index contributed by atoms with van der Waals surface area (Å²) < 4.78 is 70.4. The van der Waals surface area contributed by atoms with Gasteiger partial charge in [0, 0.05) is 0 Å². The number of hydrogen-bond donors (Lipinski definition) is 3. The summed E-state index contributed by atoms with van der Waals surface area (Å²) in [6, 6.07) is 3.45. The number of furan rings is 1. The van der Waals surface area contributed by atoms with E-state index in [0.717, 1.165) is 25.1 Å². The molecule has 0 aliphatic rings. The third-order valence-electron chi connectivity index (χ3n) is 3.61. The maximum atomic E-state index is 13.0. The number of rotatable bonds is 5. The third kappa shape index (κ3) is 4.89. The summed E-state index contributed by atoms with van der Waals surface area (Å²) in [4.78, 5) is 22.8. The summed E-state index contributed by atoms with van der Waals surface area (Å²) in [5, 5.41) is 0. The Labute approximate surface area is 158 Å². The molecule has 0 fully saturated rings. The summed E-state index contributed by atoms with van der Waals surface area (Å²) in [5.41, 5.74) is 2.83. The van der Waals surface area contributed by atoms with E-state index in [1.807, 2.05) is 10.1 Å². The van der Waals surface area contributed by atoms with Gasteiger partial charge in [0.2, 0.25) is 10.0 Å². The lowest BCUT2D eigenvalue weighted by Gasteiger charge is -2.17. The Morgan fingerprint density at radius 1 is 1.11 bits per heavy atom. The molecule has 1 aromatic carbocycles. The third-order valence-corrected chi connectivity index (χ3v) is 5.21. The van der Waals surface area contributed by atoms with Crippen molar-refractivity contribution in [3.8, 4) is 0 Å². The van der Waals surface area contributed by atoms with Crippen LogP contribution >= 0.6 is 0 Å². The van der Waals surface area contributed by atoms with Crippen LogP contribution in [-0.2, 0) is 21.0 Å². The molecule has 0 aliphatic heterocycles. The number of halogens is 3. The van der Waals surface area contributed by atoms with E-state index < -0.39 is 44.5 Å². The molecule has 0 radical (unpaired) electrons. The Hall–Kier alpha value is -2.86. The maximum Gasteiger partial charge on any atom is 0.417 e. The molecule has 0 saturated heterocycles. The van der Waals surface area contributed by atoms with E-state index in [1.165, 1.54) is 19.3 Å². The summed E-state index contributed by atoms with van der Waals surface area (Å²) in [5.74, 6) is -1.40. The van der Waals surface area contributed by atoms with Crippen molar-refractivity contribution in [3.05, 3.63) is 53.5 Å². The number of amides is 2. The van der Waals surface area contributed by atoms with Gasteiger partial charge in [0.25, 0.3) is 11.8 Å². The largest absolute Gasteiger partial charge is 0.469 e. The van der Waals surface area contributed by atoms with Crippen LogP contribution < -0.4 is 15.6 Å². The molecule has 0 saturated carbocycles. The molecule has 0 unspecified atom stereocenters. The zero-order valence-corrected chi connectivity index (χ0v) is 15.4. The van der Waals surface area contributed by atoms with Gasteiger partial charge in [0.05, 0.1) is 28.3 Å². The molecule has 2 rings (SSSR count). The standard InChI is InChI=1S/C16H16F3N3O5S/c1-9(14(23)20-21-15(24)11-7-8-27-10(11)2)22-28(25,26)13-6-4-3-5-12(13)16(17,18)19/h3-9,22H,1-2H3,(H,20,23)(H,21,24)/t9-/m0/s1. The van der Waals surface area contributed by atoms with Crippen molar-refractivity contribution in [1.29, 1.82) is 0 Å². The van der Waals surface area contributed by atoms with Crippen molar-refractivity contribution in [1.82, 2.24) is 15.6 Å². The number of sulfonamides is 1. The molecule has 2 amide bonds. The van der Waals surface area contributed by atoms with Gasteiger partial charge in [-0.2, -0.15) is 17.9 Å². The van der Waals surface area contributed by atoms with Crippen molar-refractivity contribution in [2.75, 3.05) is 0 Å². The van der Waals surface area contributed by atoms with Crippen LogP contribution in [0.3, 0.4) is 0 Å². The molecule has 1 aromatic heterocycles. The molecule has 0 aliphatic carbocycles. The predicted molar refractivity (Wildman–Crippen MR) is 90.3 cm³/mol. The monoisotopic (exact) mass is 419 g/mol. The lowest BCUT2D eigenvalue weighted by Crippen LogP contribution is -2.51. The lowest BCUT2D eigenvalue weighted by molar-refractivity contribution is -0.139. The van der Waals surface area contributed by atoms with E-state index in [1.54, 1.807) is 0 Å². The highest BCUT2D eigenvalue weighted by atomic mass is 32.2. The smallest absolute Gasteiger partial charge is 0.417 e. The fourth-order valence-electron chi connectivity index (χ4n) is 2.20. The quantitative estimate of drug-likeness (QED) is 0.638. The lowest BCUT2D eigenvalue weighted by atomic mass is 10.2. The number of alkyl halides is 3. The van der Waals surface area contributed by atoms with Gasteiger partial charge in [-0.3, -0.25) is 20.4 Å². The number of carbonyl (C=O) groups excluding carboxylic acids is 2. The molecular formula is C16H16F3N3O5S. The summed E-state index contributed by atoms with van der Waals surface area (Å²) in [7, 11) is -4.67. The van der Waals surface area contributed by atoms with Crippen LogP contribution in [0.25, 0.3) is 0 Å². The first-order chi connectivity index (χ1) is 12.9. The Morgan fingerprint density at radius 3 is 2.32 bits per heavy atom. The summed E-state index contributed by atoms with van der Waals surface area (Å²) in [6.45, 7) is 2.63. The second kappa shape index (κ2) is 8.02. The minimum atomic E-state index is -4.90. The van der Waals surface area contributed by atoms with Crippen molar-refractivity contribution in [3.63, 3.8) is 0 Å². The van der Waals surface area contributed by atoms with E-state index in [4.69, 9.17) is 4.42 Å².